The van der Waals surface area contributed by atoms with Crippen molar-refractivity contribution in [2.24, 2.45) is 0 Å². The van der Waals surface area contributed by atoms with Crippen LogP contribution in [-0.2, 0) is 6.61 Å². The Hall–Kier alpha value is -1.85. The van der Waals surface area contributed by atoms with Crippen LogP contribution in [0, 0.1) is 0 Å². The van der Waals surface area contributed by atoms with E-state index in [1.165, 1.54) is 16.0 Å². The highest BCUT2D eigenvalue weighted by Crippen LogP contribution is 2.36. The van der Waals surface area contributed by atoms with E-state index in [2.05, 4.69) is 52.7 Å². The molecular formula is C23H25ClN2OS. The van der Waals surface area contributed by atoms with Gasteiger partial charge in [0.15, 0.2) is 0 Å². The molecule has 0 radical (unpaired) electrons. The summed E-state index contributed by atoms with van der Waals surface area (Å²) in [6.07, 6.45) is 1.16. The topological polar surface area (TPSA) is 24.5 Å². The van der Waals surface area contributed by atoms with E-state index in [0.717, 1.165) is 42.7 Å². The molecule has 0 aliphatic carbocycles. The van der Waals surface area contributed by atoms with Gasteiger partial charge < -0.3 is 10.1 Å². The van der Waals surface area contributed by atoms with Crippen LogP contribution in [0.3, 0.4) is 0 Å². The maximum atomic E-state index is 6.26. The summed E-state index contributed by atoms with van der Waals surface area (Å²) in [7, 11) is 0. The van der Waals surface area contributed by atoms with Gasteiger partial charge in [0.2, 0.25) is 0 Å². The van der Waals surface area contributed by atoms with Gasteiger partial charge in [-0.2, -0.15) is 0 Å². The van der Waals surface area contributed by atoms with Crippen LogP contribution >= 0.6 is 22.9 Å². The number of nitrogens with one attached hydrogen (secondary N) is 1. The second-order valence-electron chi connectivity index (χ2n) is 7.03. The maximum absolute atomic E-state index is 6.26. The molecule has 0 amide bonds. The summed E-state index contributed by atoms with van der Waals surface area (Å²) in [5.41, 5.74) is 2.46. The van der Waals surface area contributed by atoms with Crippen molar-refractivity contribution in [1.82, 2.24) is 10.2 Å². The highest BCUT2D eigenvalue weighted by Gasteiger charge is 2.24. The van der Waals surface area contributed by atoms with Crippen LogP contribution in [-0.4, -0.2) is 31.1 Å². The van der Waals surface area contributed by atoms with Gasteiger partial charge in [-0.25, -0.2) is 0 Å². The molecule has 4 rings (SSSR count). The number of benzene rings is 2. The van der Waals surface area contributed by atoms with Crippen LogP contribution in [0.5, 0.6) is 5.75 Å². The Morgan fingerprint density at radius 2 is 1.79 bits per heavy atom. The molecule has 3 nitrogen and oxygen atoms in total. The molecule has 1 fully saturated rings. The van der Waals surface area contributed by atoms with Crippen LogP contribution in [0.15, 0.2) is 66.7 Å². The fraction of sp³-hybridized carbons (Fsp3) is 0.304. The van der Waals surface area contributed by atoms with Crippen molar-refractivity contribution in [3.8, 4) is 5.75 Å². The molecule has 3 aromatic rings. The minimum atomic E-state index is 0.237. The fourth-order valence-corrected chi connectivity index (χ4v) is 4.87. The van der Waals surface area contributed by atoms with Gasteiger partial charge >= 0.3 is 0 Å². The monoisotopic (exact) mass is 412 g/mol. The number of hydrogen-bond donors (Lipinski definition) is 1. The molecule has 1 unspecified atom stereocenters. The van der Waals surface area contributed by atoms with Crippen molar-refractivity contribution in [3.05, 3.63) is 87.1 Å². The molecule has 146 valence electrons. The van der Waals surface area contributed by atoms with Crippen LogP contribution in [0.2, 0.25) is 4.34 Å². The minimum Gasteiger partial charge on any atom is -0.489 e. The Labute approximate surface area is 175 Å². The summed E-state index contributed by atoms with van der Waals surface area (Å²) in [4.78, 5) is 3.85. The third-order valence-electron chi connectivity index (χ3n) is 5.05. The van der Waals surface area contributed by atoms with Crippen molar-refractivity contribution in [3.63, 3.8) is 0 Å². The first-order valence-electron chi connectivity index (χ1n) is 9.76. The number of nitrogens with zero attached hydrogens (tertiary/aromatic N) is 1. The molecule has 0 spiro atoms. The van der Waals surface area contributed by atoms with E-state index in [-0.39, 0.29) is 6.04 Å². The van der Waals surface area contributed by atoms with Gasteiger partial charge in [0.05, 0.1) is 10.4 Å². The highest BCUT2D eigenvalue weighted by atomic mass is 35.5. The molecule has 2 heterocycles. The van der Waals surface area contributed by atoms with Crippen LogP contribution < -0.4 is 10.1 Å². The second-order valence-corrected chi connectivity index (χ2v) is 8.77. The molecule has 28 heavy (non-hydrogen) atoms. The van der Waals surface area contributed by atoms with Crippen molar-refractivity contribution in [2.45, 2.75) is 19.1 Å². The summed E-state index contributed by atoms with van der Waals surface area (Å²) in [5.74, 6) is 0.896. The predicted molar refractivity (Wildman–Crippen MR) is 117 cm³/mol. The van der Waals surface area contributed by atoms with Gasteiger partial charge in [-0.15, -0.1) is 11.3 Å². The average molecular weight is 413 g/mol. The van der Waals surface area contributed by atoms with E-state index in [1.807, 2.05) is 24.3 Å². The van der Waals surface area contributed by atoms with Gasteiger partial charge in [-0.1, -0.05) is 54.1 Å². The normalized spacial score (nSPS) is 16.5. The quantitative estimate of drug-likeness (QED) is 0.589. The van der Waals surface area contributed by atoms with Gasteiger partial charge in [-0.05, 0) is 48.4 Å². The van der Waals surface area contributed by atoms with E-state index in [9.17, 15) is 0 Å². The van der Waals surface area contributed by atoms with E-state index in [0.29, 0.717) is 6.61 Å². The highest BCUT2D eigenvalue weighted by molar-refractivity contribution is 7.16. The van der Waals surface area contributed by atoms with Gasteiger partial charge in [-0.3, -0.25) is 4.90 Å². The van der Waals surface area contributed by atoms with Crippen molar-refractivity contribution < 1.29 is 4.74 Å². The molecule has 0 saturated carbocycles. The van der Waals surface area contributed by atoms with E-state index in [4.69, 9.17) is 16.3 Å². The summed E-state index contributed by atoms with van der Waals surface area (Å²) in [5, 5.41) is 3.50. The van der Waals surface area contributed by atoms with Gasteiger partial charge in [0, 0.05) is 24.5 Å². The molecule has 2 aromatic carbocycles. The smallest absolute Gasteiger partial charge is 0.119 e. The van der Waals surface area contributed by atoms with E-state index in [1.54, 1.807) is 11.3 Å². The van der Waals surface area contributed by atoms with Crippen molar-refractivity contribution in [2.75, 3.05) is 26.2 Å². The lowest BCUT2D eigenvalue weighted by molar-refractivity contribution is 0.243. The summed E-state index contributed by atoms with van der Waals surface area (Å²) < 4.78 is 6.80. The Morgan fingerprint density at radius 3 is 2.54 bits per heavy atom. The average Bonchev–Trinajstić information content (AvgIpc) is 2.99. The molecule has 1 N–H and O–H groups in total. The first kappa shape index (κ1) is 19.5. The van der Waals surface area contributed by atoms with Crippen molar-refractivity contribution in [1.29, 1.82) is 0 Å². The first-order valence-corrected chi connectivity index (χ1v) is 11.0. The maximum Gasteiger partial charge on any atom is 0.119 e. The zero-order chi connectivity index (χ0) is 19.2. The largest absolute Gasteiger partial charge is 0.489 e. The molecule has 1 aromatic heterocycles. The molecule has 1 aliphatic rings. The zero-order valence-electron chi connectivity index (χ0n) is 15.8. The zero-order valence-corrected chi connectivity index (χ0v) is 17.4. The number of thiophene rings is 1. The summed E-state index contributed by atoms with van der Waals surface area (Å²) in [6.45, 7) is 4.81. The molecule has 0 bridgehead atoms. The Kier molecular flexibility index (Phi) is 6.65. The van der Waals surface area contributed by atoms with Gasteiger partial charge in [0.25, 0.3) is 0 Å². The number of ether oxygens (including phenoxy) is 1. The summed E-state index contributed by atoms with van der Waals surface area (Å²) >= 11 is 7.93. The van der Waals surface area contributed by atoms with Crippen molar-refractivity contribution >= 4 is 22.9 Å². The first-order chi connectivity index (χ1) is 13.8. The molecule has 1 aliphatic heterocycles. The summed E-state index contributed by atoms with van der Waals surface area (Å²) in [6, 6.07) is 23.2. The SMILES string of the molecule is Clc1ccc(C(c2ccc(OCc3ccccc3)cc2)N2CCCNCC2)s1. The Bertz CT molecular complexity index is 858. The third kappa shape index (κ3) is 4.95. The van der Waals surface area contributed by atoms with Crippen LogP contribution in [0.4, 0.5) is 0 Å². The number of halogens is 1. The Balaban J connectivity index is 1.52. The van der Waals surface area contributed by atoms with E-state index >= 15 is 0 Å². The standard InChI is InChI=1S/C23H25ClN2OS/c24-22-12-11-21(28-22)23(26-15-4-13-25-14-16-26)19-7-9-20(10-8-19)27-17-18-5-2-1-3-6-18/h1-3,5-12,23,25H,4,13-17H2. The second kappa shape index (κ2) is 9.57. The molecule has 1 atom stereocenters. The third-order valence-corrected chi connectivity index (χ3v) is 6.33. The number of hydrogen-bond acceptors (Lipinski definition) is 4. The van der Waals surface area contributed by atoms with Crippen LogP contribution in [0.1, 0.15) is 28.5 Å². The lowest BCUT2D eigenvalue weighted by Gasteiger charge is -2.30. The molecule has 5 heteroatoms. The van der Waals surface area contributed by atoms with Gasteiger partial charge in [0.1, 0.15) is 12.4 Å². The van der Waals surface area contributed by atoms with E-state index < -0.39 is 0 Å². The fourth-order valence-electron chi connectivity index (χ4n) is 3.64. The minimum absolute atomic E-state index is 0.237. The lowest BCUT2D eigenvalue weighted by atomic mass is 10.0. The van der Waals surface area contributed by atoms with Crippen LogP contribution in [0.25, 0.3) is 0 Å². The molecular weight excluding hydrogens is 388 g/mol. The number of rotatable bonds is 6. The molecule has 1 saturated heterocycles. The predicted octanol–water partition coefficient (Wildman–Crippen LogP) is 5.37. The Morgan fingerprint density at radius 1 is 0.964 bits per heavy atom. The lowest BCUT2D eigenvalue weighted by Crippen LogP contribution is -2.32.